The molecular weight excluding hydrogens is 322 g/mol. The highest BCUT2D eigenvalue weighted by atomic mass is 16.5. The minimum Gasteiger partial charge on any atom is -0.480 e. The van der Waals surface area contributed by atoms with Crippen LogP contribution in [0.25, 0.3) is 0 Å². The fourth-order valence-corrected chi connectivity index (χ4v) is 2.04. The van der Waals surface area contributed by atoms with Gasteiger partial charge in [-0.15, -0.1) is 0 Å². The average molecular weight is 349 g/mol. The number of aliphatic hydroxyl groups is 2. The lowest BCUT2D eigenvalue weighted by atomic mass is 10.0. The number of nitrogens with two attached hydrogens (primary N) is 2. The number of carbonyl (C=O) groups excluding carboxylic acids is 2. The Labute approximate surface area is 140 Å². The van der Waals surface area contributed by atoms with Gasteiger partial charge in [-0.05, 0) is 19.4 Å². The lowest BCUT2D eigenvalue weighted by Gasteiger charge is -2.24. The first kappa shape index (κ1) is 22.4. The number of primary amides is 1. The number of hydrogen-bond donors (Lipinski definition) is 6. The van der Waals surface area contributed by atoms with Crippen molar-refractivity contribution in [3.8, 4) is 0 Å². The number of rotatable bonds is 14. The van der Waals surface area contributed by atoms with Crippen molar-refractivity contribution in [2.45, 2.75) is 50.0 Å². The summed E-state index contributed by atoms with van der Waals surface area (Å²) in [5.74, 6) is -2.35. The molecule has 4 atom stereocenters. The number of carboxylic acids is 1. The number of nitrogens with one attached hydrogen (secondary N) is 1. The van der Waals surface area contributed by atoms with E-state index in [1.807, 2.05) is 0 Å². The fourth-order valence-electron chi connectivity index (χ4n) is 2.04. The Hall–Kier alpha value is -1.59. The van der Waals surface area contributed by atoms with E-state index < -0.39 is 48.4 Å². The van der Waals surface area contributed by atoms with Crippen LogP contribution in [-0.2, 0) is 19.1 Å². The minimum atomic E-state index is -1.56. The van der Waals surface area contributed by atoms with Gasteiger partial charge in [0, 0.05) is 7.11 Å². The maximum atomic E-state index is 12.0. The molecule has 0 radical (unpaired) electrons. The highest BCUT2D eigenvalue weighted by Crippen LogP contribution is 2.08. The molecule has 0 aliphatic heterocycles. The smallest absolute Gasteiger partial charge is 0.320 e. The Morgan fingerprint density at radius 1 is 1.21 bits per heavy atom. The van der Waals surface area contributed by atoms with Gasteiger partial charge in [-0.2, -0.15) is 0 Å². The minimum absolute atomic E-state index is 0.107. The summed E-state index contributed by atoms with van der Waals surface area (Å²) in [6.07, 6.45) is -3.28. The Bertz CT molecular complexity index is 419. The molecule has 0 aromatic rings. The quantitative estimate of drug-likeness (QED) is 0.182. The predicted octanol–water partition coefficient (Wildman–Crippen LogP) is -2.66. The molecule has 0 aliphatic carbocycles. The van der Waals surface area contributed by atoms with Crippen molar-refractivity contribution < 1.29 is 34.4 Å². The summed E-state index contributed by atoms with van der Waals surface area (Å²) in [6, 6.07) is -0.897. The van der Waals surface area contributed by atoms with Crippen LogP contribution >= 0.6 is 0 Å². The number of methoxy groups -OCH3 is 1. The molecule has 0 bridgehead atoms. The third-order valence-corrected chi connectivity index (χ3v) is 3.42. The number of aliphatic carboxylic acids is 1. The van der Waals surface area contributed by atoms with Crippen LogP contribution in [0.2, 0.25) is 0 Å². The number of aliphatic hydroxyl groups excluding tert-OH is 2. The second-order valence-electron chi connectivity index (χ2n) is 5.47. The van der Waals surface area contributed by atoms with Gasteiger partial charge in [-0.3, -0.25) is 14.4 Å². The van der Waals surface area contributed by atoms with E-state index in [1.54, 1.807) is 0 Å². The zero-order valence-corrected chi connectivity index (χ0v) is 13.7. The second kappa shape index (κ2) is 11.9. The van der Waals surface area contributed by atoms with Crippen molar-refractivity contribution in [3.63, 3.8) is 0 Å². The molecule has 1 amide bonds. The van der Waals surface area contributed by atoms with E-state index >= 15 is 0 Å². The standard InChI is InChI=1S/C14H27N3O7/c1-24-13(12(21)9(18)6-11(16)20)10(19)7-17-5-3-2-4-8(15)14(22)23/h8-9,12-13,17-18,21H,2-7,15H2,1H3,(H2,16,20)(H,22,23). The Balaban J connectivity index is 4.10. The Kier molecular flexibility index (Phi) is 11.1. The number of carbonyl (C=O) groups is 3. The predicted molar refractivity (Wildman–Crippen MR) is 84.0 cm³/mol. The highest BCUT2D eigenvalue weighted by Gasteiger charge is 2.32. The Morgan fingerprint density at radius 3 is 2.33 bits per heavy atom. The molecule has 8 N–H and O–H groups in total. The van der Waals surface area contributed by atoms with Gasteiger partial charge in [0.2, 0.25) is 5.91 Å². The van der Waals surface area contributed by atoms with Crippen LogP contribution in [0.5, 0.6) is 0 Å². The van der Waals surface area contributed by atoms with Gasteiger partial charge in [0.15, 0.2) is 5.78 Å². The molecule has 0 rings (SSSR count). The van der Waals surface area contributed by atoms with E-state index in [0.29, 0.717) is 25.8 Å². The third kappa shape index (κ3) is 8.89. The summed E-state index contributed by atoms with van der Waals surface area (Å²) in [7, 11) is 1.20. The van der Waals surface area contributed by atoms with Gasteiger partial charge >= 0.3 is 5.97 Å². The maximum absolute atomic E-state index is 12.0. The fraction of sp³-hybridized carbons (Fsp3) is 0.786. The SMILES string of the molecule is COC(C(=O)CNCCCCC(N)C(=O)O)C(O)C(O)CC(N)=O. The van der Waals surface area contributed by atoms with Gasteiger partial charge in [0.1, 0.15) is 18.2 Å². The van der Waals surface area contributed by atoms with Crippen molar-refractivity contribution in [1.29, 1.82) is 0 Å². The number of ether oxygens (including phenoxy) is 1. The molecule has 0 spiro atoms. The molecule has 4 unspecified atom stereocenters. The number of amides is 1. The molecule has 0 saturated heterocycles. The van der Waals surface area contributed by atoms with Crippen molar-refractivity contribution in [3.05, 3.63) is 0 Å². The van der Waals surface area contributed by atoms with E-state index in [-0.39, 0.29) is 6.54 Å². The zero-order valence-electron chi connectivity index (χ0n) is 13.7. The molecule has 0 aliphatic rings. The van der Waals surface area contributed by atoms with Crippen LogP contribution in [0.15, 0.2) is 0 Å². The normalized spacial score (nSPS) is 16.2. The summed E-state index contributed by atoms with van der Waals surface area (Å²) in [6.45, 7) is 0.346. The van der Waals surface area contributed by atoms with E-state index in [4.69, 9.17) is 21.3 Å². The first-order valence-corrected chi connectivity index (χ1v) is 7.59. The molecule has 140 valence electrons. The van der Waals surface area contributed by atoms with E-state index in [2.05, 4.69) is 5.32 Å². The molecule has 0 saturated carbocycles. The number of hydrogen-bond acceptors (Lipinski definition) is 8. The van der Waals surface area contributed by atoms with Crippen LogP contribution in [0, 0.1) is 0 Å². The van der Waals surface area contributed by atoms with Crippen LogP contribution in [0.4, 0.5) is 0 Å². The van der Waals surface area contributed by atoms with Crippen LogP contribution in [0.1, 0.15) is 25.7 Å². The number of carboxylic acid groups (broad SMARTS) is 1. The summed E-state index contributed by atoms with van der Waals surface area (Å²) in [4.78, 5) is 33.2. The van der Waals surface area contributed by atoms with Gasteiger partial charge in [0.25, 0.3) is 0 Å². The Morgan fingerprint density at radius 2 is 1.83 bits per heavy atom. The number of Topliss-reactive ketones (excluding diaryl/α,β-unsaturated/α-hetero) is 1. The molecule has 0 fully saturated rings. The van der Waals surface area contributed by atoms with Gasteiger partial charge in [-0.1, -0.05) is 6.42 Å². The lowest BCUT2D eigenvalue weighted by Crippen LogP contribution is -2.47. The zero-order chi connectivity index (χ0) is 18.7. The van der Waals surface area contributed by atoms with E-state index in [9.17, 15) is 24.6 Å². The first-order chi connectivity index (χ1) is 11.2. The molecule has 0 aromatic carbocycles. The summed E-state index contributed by atoms with van der Waals surface area (Å²) in [5.41, 5.74) is 10.3. The van der Waals surface area contributed by atoms with Crippen molar-refractivity contribution in [2.75, 3.05) is 20.2 Å². The molecule has 10 heteroatoms. The van der Waals surface area contributed by atoms with Crippen LogP contribution in [0.3, 0.4) is 0 Å². The van der Waals surface area contributed by atoms with Crippen molar-refractivity contribution >= 4 is 17.7 Å². The topological polar surface area (TPSA) is 185 Å². The van der Waals surface area contributed by atoms with E-state index in [0.717, 1.165) is 0 Å². The first-order valence-electron chi connectivity index (χ1n) is 7.59. The van der Waals surface area contributed by atoms with Gasteiger partial charge < -0.3 is 36.8 Å². The number of ketones is 1. The highest BCUT2D eigenvalue weighted by molar-refractivity contribution is 5.85. The van der Waals surface area contributed by atoms with Crippen molar-refractivity contribution in [2.24, 2.45) is 11.5 Å². The summed E-state index contributed by atoms with van der Waals surface area (Å²) in [5, 5.41) is 30.9. The van der Waals surface area contributed by atoms with Crippen LogP contribution in [-0.4, -0.2) is 77.5 Å². The van der Waals surface area contributed by atoms with E-state index in [1.165, 1.54) is 7.11 Å². The molecule has 24 heavy (non-hydrogen) atoms. The third-order valence-electron chi connectivity index (χ3n) is 3.42. The van der Waals surface area contributed by atoms with Gasteiger partial charge in [0.05, 0.1) is 19.1 Å². The summed E-state index contributed by atoms with van der Waals surface area (Å²) < 4.78 is 4.88. The van der Waals surface area contributed by atoms with Gasteiger partial charge in [-0.25, -0.2) is 0 Å². The van der Waals surface area contributed by atoms with Crippen LogP contribution < -0.4 is 16.8 Å². The summed E-state index contributed by atoms with van der Waals surface area (Å²) >= 11 is 0. The molecule has 0 aromatic heterocycles. The molecular formula is C14H27N3O7. The molecule has 0 heterocycles. The average Bonchev–Trinajstić information content (AvgIpc) is 2.50. The number of unbranched alkanes of at least 4 members (excludes halogenated alkanes) is 1. The molecule has 10 nitrogen and oxygen atoms in total. The monoisotopic (exact) mass is 349 g/mol. The second-order valence-corrected chi connectivity index (χ2v) is 5.47. The largest absolute Gasteiger partial charge is 0.480 e. The maximum Gasteiger partial charge on any atom is 0.320 e. The van der Waals surface area contributed by atoms with Crippen molar-refractivity contribution in [1.82, 2.24) is 5.32 Å². The lowest BCUT2D eigenvalue weighted by molar-refractivity contribution is -0.143.